The fraction of sp³-hybridized carbons (Fsp3) is 0.500. The number of benzene rings is 1. The van der Waals surface area contributed by atoms with Gasteiger partial charge in [-0.25, -0.2) is 0 Å². The van der Waals surface area contributed by atoms with Crippen molar-refractivity contribution in [2.24, 2.45) is 5.41 Å². The minimum atomic E-state index is -0.215. The van der Waals surface area contributed by atoms with Gasteiger partial charge in [-0.05, 0) is 29.5 Å². The molecule has 2 N–H and O–H groups in total. The topological polar surface area (TPSA) is 58.2 Å². The lowest BCUT2D eigenvalue weighted by Crippen LogP contribution is -2.38. The molecule has 0 saturated heterocycles. The second-order valence-electron chi connectivity index (χ2n) is 6.35. The fourth-order valence-electron chi connectivity index (χ4n) is 1.85. The molecule has 0 bridgehead atoms. The third kappa shape index (κ3) is 7.66. The summed E-state index contributed by atoms with van der Waals surface area (Å²) in [6.45, 7) is 6.37. The minimum Gasteiger partial charge on any atom is -0.354 e. The first kappa shape index (κ1) is 18.8. The molecular formula is C16H22Cl2N2O2. The molecule has 1 aromatic carbocycles. The number of carbonyl (C=O) groups is 2. The molecule has 1 rings (SSSR count). The summed E-state index contributed by atoms with van der Waals surface area (Å²) >= 11 is 11.9. The van der Waals surface area contributed by atoms with Crippen molar-refractivity contribution >= 4 is 35.0 Å². The van der Waals surface area contributed by atoms with Gasteiger partial charge in [0, 0.05) is 23.0 Å². The van der Waals surface area contributed by atoms with E-state index < -0.39 is 0 Å². The predicted octanol–water partition coefficient (Wildman–Crippen LogP) is 3.20. The van der Waals surface area contributed by atoms with Crippen molar-refractivity contribution in [3.8, 4) is 0 Å². The summed E-state index contributed by atoms with van der Waals surface area (Å²) in [5.41, 5.74) is 0.828. The highest BCUT2D eigenvalue weighted by molar-refractivity contribution is 6.35. The molecule has 0 spiro atoms. The third-order valence-electron chi connectivity index (χ3n) is 2.87. The molecule has 2 amide bonds. The molecule has 22 heavy (non-hydrogen) atoms. The van der Waals surface area contributed by atoms with Crippen LogP contribution in [0.2, 0.25) is 10.0 Å². The van der Waals surface area contributed by atoms with Gasteiger partial charge in [0.2, 0.25) is 11.8 Å². The van der Waals surface area contributed by atoms with E-state index in [2.05, 4.69) is 10.6 Å². The van der Waals surface area contributed by atoms with Crippen molar-refractivity contribution in [1.82, 2.24) is 10.6 Å². The lowest BCUT2D eigenvalue weighted by Gasteiger charge is -2.17. The van der Waals surface area contributed by atoms with E-state index in [0.29, 0.717) is 29.4 Å². The summed E-state index contributed by atoms with van der Waals surface area (Å²) in [6.07, 6.45) is 0.998. The van der Waals surface area contributed by atoms with E-state index in [0.717, 1.165) is 5.56 Å². The highest BCUT2D eigenvalue weighted by Gasteiger charge is 2.16. The summed E-state index contributed by atoms with van der Waals surface area (Å²) in [5, 5.41) is 6.52. The maximum absolute atomic E-state index is 11.7. The van der Waals surface area contributed by atoms with Crippen LogP contribution in [0, 0.1) is 5.41 Å². The zero-order valence-electron chi connectivity index (χ0n) is 13.1. The average molecular weight is 345 g/mol. The van der Waals surface area contributed by atoms with Crippen LogP contribution in [0.3, 0.4) is 0 Å². The molecule has 0 radical (unpaired) electrons. The molecular weight excluding hydrogens is 323 g/mol. The lowest BCUT2D eigenvalue weighted by molar-refractivity contribution is -0.127. The molecule has 0 fully saturated rings. The molecule has 0 aliphatic carbocycles. The number of amides is 2. The number of carbonyl (C=O) groups excluding carboxylic acids is 2. The van der Waals surface area contributed by atoms with E-state index in [1.165, 1.54) is 0 Å². The molecule has 0 atom stereocenters. The standard InChI is InChI=1S/C16H22Cl2N2O2/c1-16(2,3)9-14(21)20-10-15(22)19-7-6-11-4-5-12(17)8-13(11)18/h4-5,8H,6-7,9-10H2,1-3H3,(H,19,22)(H,20,21). The van der Waals surface area contributed by atoms with E-state index in [1.807, 2.05) is 26.8 Å². The maximum Gasteiger partial charge on any atom is 0.239 e. The number of nitrogens with one attached hydrogen (secondary N) is 2. The Bertz CT molecular complexity index is 539. The number of halogens is 2. The molecule has 0 unspecified atom stereocenters. The number of hydrogen-bond acceptors (Lipinski definition) is 2. The zero-order valence-corrected chi connectivity index (χ0v) is 14.6. The molecule has 1 aromatic rings. The van der Waals surface area contributed by atoms with E-state index in [-0.39, 0.29) is 23.8 Å². The molecule has 0 heterocycles. The van der Waals surface area contributed by atoms with Crippen molar-refractivity contribution in [1.29, 1.82) is 0 Å². The fourth-order valence-corrected chi connectivity index (χ4v) is 2.35. The Balaban J connectivity index is 2.27. The van der Waals surface area contributed by atoms with Crippen LogP contribution in [0.15, 0.2) is 18.2 Å². The van der Waals surface area contributed by atoms with Crippen LogP contribution in [-0.4, -0.2) is 24.9 Å². The summed E-state index contributed by atoms with van der Waals surface area (Å²) in [5.74, 6) is -0.337. The molecule has 122 valence electrons. The first-order valence-electron chi connectivity index (χ1n) is 7.15. The Morgan fingerprint density at radius 3 is 2.36 bits per heavy atom. The Kier molecular flexibility index (Phi) is 7.17. The van der Waals surface area contributed by atoms with E-state index >= 15 is 0 Å². The van der Waals surface area contributed by atoms with Crippen LogP contribution >= 0.6 is 23.2 Å². The van der Waals surface area contributed by atoms with Crippen LogP contribution in [0.4, 0.5) is 0 Å². The second kappa shape index (κ2) is 8.39. The zero-order chi connectivity index (χ0) is 16.8. The summed E-state index contributed by atoms with van der Waals surface area (Å²) in [7, 11) is 0. The Hall–Kier alpha value is -1.26. The largest absolute Gasteiger partial charge is 0.354 e. The Labute approximate surface area is 141 Å². The molecule has 4 nitrogen and oxygen atoms in total. The summed E-state index contributed by atoms with van der Waals surface area (Å²) in [4.78, 5) is 23.3. The van der Waals surface area contributed by atoms with Crippen LogP contribution in [0.5, 0.6) is 0 Å². The van der Waals surface area contributed by atoms with Gasteiger partial charge in [0.05, 0.1) is 6.54 Å². The minimum absolute atomic E-state index is 0.0107. The Morgan fingerprint density at radius 2 is 1.77 bits per heavy atom. The van der Waals surface area contributed by atoms with E-state index in [1.54, 1.807) is 12.1 Å². The molecule has 0 aliphatic heterocycles. The van der Waals surface area contributed by atoms with Crippen LogP contribution < -0.4 is 10.6 Å². The molecule has 6 heteroatoms. The van der Waals surface area contributed by atoms with Gasteiger partial charge in [-0.1, -0.05) is 50.0 Å². The van der Waals surface area contributed by atoms with Crippen molar-refractivity contribution in [2.75, 3.05) is 13.1 Å². The SMILES string of the molecule is CC(C)(C)CC(=O)NCC(=O)NCCc1ccc(Cl)cc1Cl. The van der Waals surface area contributed by atoms with Gasteiger partial charge in [-0.2, -0.15) is 0 Å². The first-order chi connectivity index (χ1) is 10.2. The number of rotatable bonds is 6. The Morgan fingerprint density at radius 1 is 1.09 bits per heavy atom. The maximum atomic E-state index is 11.7. The summed E-state index contributed by atoms with van der Waals surface area (Å²) in [6, 6.07) is 5.27. The predicted molar refractivity (Wildman–Crippen MR) is 90.3 cm³/mol. The number of hydrogen-bond donors (Lipinski definition) is 2. The molecule has 0 aliphatic rings. The quantitative estimate of drug-likeness (QED) is 0.832. The highest BCUT2D eigenvalue weighted by atomic mass is 35.5. The van der Waals surface area contributed by atoms with Gasteiger partial charge in [-0.3, -0.25) is 9.59 Å². The van der Waals surface area contributed by atoms with Crippen molar-refractivity contribution in [2.45, 2.75) is 33.6 Å². The highest BCUT2D eigenvalue weighted by Crippen LogP contribution is 2.21. The third-order valence-corrected chi connectivity index (χ3v) is 3.46. The van der Waals surface area contributed by atoms with Crippen molar-refractivity contribution in [3.05, 3.63) is 33.8 Å². The van der Waals surface area contributed by atoms with E-state index in [4.69, 9.17) is 23.2 Å². The normalized spacial score (nSPS) is 11.1. The van der Waals surface area contributed by atoms with Gasteiger partial charge in [0.1, 0.15) is 0 Å². The van der Waals surface area contributed by atoms with Crippen molar-refractivity contribution < 1.29 is 9.59 Å². The smallest absolute Gasteiger partial charge is 0.239 e. The second-order valence-corrected chi connectivity index (χ2v) is 7.19. The molecule has 0 saturated carbocycles. The van der Waals surface area contributed by atoms with Crippen LogP contribution in [-0.2, 0) is 16.0 Å². The van der Waals surface area contributed by atoms with Gasteiger partial charge < -0.3 is 10.6 Å². The summed E-state index contributed by atoms with van der Waals surface area (Å²) < 4.78 is 0. The average Bonchev–Trinajstić information content (AvgIpc) is 2.37. The first-order valence-corrected chi connectivity index (χ1v) is 7.90. The van der Waals surface area contributed by atoms with Crippen molar-refractivity contribution in [3.63, 3.8) is 0 Å². The van der Waals surface area contributed by atoms with Gasteiger partial charge in [0.15, 0.2) is 0 Å². The van der Waals surface area contributed by atoms with Gasteiger partial charge >= 0.3 is 0 Å². The van der Waals surface area contributed by atoms with Crippen LogP contribution in [0.1, 0.15) is 32.8 Å². The van der Waals surface area contributed by atoms with Gasteiger partial charge in [-0.15, -0.1) is 0 Å². The van der Waals surface area contributed by atoms with E-state index in [9.17, 15) is 9.59 Å². The van der Waals surface area contributed by atoms with Gasteiger partial charge in [0.25, 0.3) is 0 Å². The van der Waals surface area contributed by atoms with Crippen LogP contribution in [0.25, 0.3) is 0 Å². The monoisotopic (exact) mass is 344 g/mol. The molecule has 0 aromatic heterocycles. The lowest BCUT2D eigenvalue weighted by atomic mass is 9.92.